The average Bonchev–Trinajstić information content (AvgIpc) is 1.27. The Bertz CT molecular complexity index is 3890. The number of alkyl carbamates (subject to hydrolysis) is 1. The number of anilines is 1. The molecule has 0 spiro atoms. The predicted molar refractivity (Wildman–Crippen MR) is 408 cm³/mol. The first-order valence-corrected chi connectivity index (χ1v) is 45.3. The first-order valence-electron chi connectivity index (χ1n) is 36.8. The highest BCUT2D eigenvalue weighted by Crippen LogP contribution is 2.46. The summed E-state index contributed by atoms with van der Waals surface area (Å²) in [5.41, 5.74) is 7.05. The molecule has 25 heteroatoms. The fourth-order valence-electron chi connectivity index (χ4n) is 14.0. The van der Waals surface area contributed by atoms with Crippen LogP contribution >= 0.6 is 0 Å². The summed E-state index contributed by atoms with van der Waals surface area (Å²) in [7, 11) is -3.07. The minimum atomic E-state index is -4.25. The van der Waals surface area contributed by atoms with E-state index < -0.39 is 80.3 Å². The van der Waals surface area contributed by atoms with E-state index in [0.717, 1.165) is 95.9 Å². The van der Waals surface area contributed by atoms with Crippen LogP contribution in [0.5, 0.6) is 11.5 Å². The van der Waals surface area contributed by atoms with E-state index in [1.165, 1.54) is 25.6 Å². The topological polar surface area (TPSA) is 231 Å². The van der Waals surface area contributed by atoms with E-state index in [9.17, 15) is 4.79 Å². The number of aromatic nitrogens is 4. The predicted octanol–water partition coefficient (Wildman–Crippen LogP) is 15.0. The second-order valence-electron chi connectivity index (χ2n) is 28.8. The van der Waals surface area contributed by atoms with Crippen molar-refractivity contribution in [2.45, 2.75) is 171 Å². The van der Waals surface area contributed by atoms with E-state index in [-0.39, 0.29) is 58.1 Å². The molecule has 2 N–H and O–H groups in total. The van der Waals surface area contributed by atoms with Crippen LogP contribution in [0.15, 0.2) is 170 Å². The Balaban J connectivity index is 1.03. The molecule has 0 radical (unpaired) electrons. The number of carbonyl (C=O) groups excluding carboxylic acids is 2. The van der Waals surface area contributed by atoms with Gasteiger partial charge in [0.15, 0.2) is 45.9 Å². The van der Waals surface area contributed by atoms with E-state index in [0.29, 0.717) is 28.5 Å². The molecular weight excluding hydrogens is 1390 g/mol. The van der Waals surface area contributed by atoms with Gasteiger partial charge in [0, 0.05) is 26.6 Å². The molecule has 562 valence electrons. The van der Waals surface area contributed by atoms with Gasteiger partial charge in [-0.15, -0.1) is 0 Å². The maximum absolute atomic E-state index is 16.0. The minimum Gasteiger partial charge on any atom is -0.497 e. The number of methoxy groups -OCH3 is 4. The Labute approximate surface area is 621 Å². The van der Waals surface area contributed by atoms with Crippen molar-refractivity contribution in [2.24, 2.45) is 0 Å². The van der Waals surface area contributed by atoms with Crippen molar-refractivity contribution >= 4 is 54.7 Å². The van der Waals surface area contributed by atoms with Gasteiger partial charge in [-0.3, -0.25) is 4.57 Å². The standard InChI is InChI=1S/C80H104N6O16Si3/c1-89-48-50-93-79(94-51-49-90-2)99-73-72(98-77(87)69(52-57-30-20-18-21-31-57)84-78(88)95-53-68-66-38-28-26-36-64(66)65-37-27-29-39-67(65)68)70(54-96-105(101-103(5,6)7,102-104(8,9)10)100-63-34-24-16-14-12-11-13-15-17-25-35-63)97-76(73)86-56-83-71-74(81-55-82-75(71)86)85-80(58-32-22-19-23-33-58,59-40-44-61(91-3)45-41-59)60-42-46-62(92-4)47-43-60/h18-23,26-33,36-47,55-56,63,68-70,72-73,76,79H,11-17,24-25,34-35,48-54H2,1-10H3,(H,84,88)(H,81,82,85)/t69-,70+,72+,73+,76+/m0/s1/i77+1. The van der Waals surface area contributed by atoms with Crippen molar-refractivity contribution < 1.29 is 74.0 Å². The van der Waals surface area contributed by atoms with Crippen LogP contribution in [0.2, 0.25) is 39.3 Å². The maximum Gasteiger partial charge on any atom is 0.658 e. The van der Waals surface area contributed by atoms with E-state index in [1.807, 2.05) is 121 Å². The number of benzene rings is 6. The number of amides is 1. The van der Waals surface area contributed by atoms with Crippen molar-refractivity contribution in [3.05, 3.63) is 204 Å². The van der Waals surface area contributed by atoms with E-state index in [1.54, 1.807) is 39.3 Å². The Morgan fingerprint density at radius 1 is 0.590 bits per heavy atom. The third-order valence-electron chi connectivity index (χ3n) is 18.9. The molecule has 105 heavy (non-hydrogen) atoms. The van der Waals surface area contributed by atoms with Gasteiger partial charge in [0.25, 0.3) is 6.48 Å². The van der Waals surface area contributed by atoms with Gasteiger partial charge in [-0.2, -0.15) is 0 Å². The van der Waals surface area contributed by atoms with Gasteiger partial charge in [0.05, 0.1) is 59.7 Å². The van der Waals surface area contributed by atoms with Crippen molar-refractivity contribution in [3.63, 3.8) is 0 Å². The monoisotopic (exact) mass is 1490 g/mol. The molecular formula is C80H104N6O16Si3. The lowest BCUT2D eigenvalue weighted by atomic mass is 9.77. The molecule has 0 bridgehead atoms. The van der Waals surface area contributed by atoms with Gasteiger partial charge in [0.1, 0.15) is 48.2 Å². The fraction of sp³-hybridized carbons (Fsp3) is 0.463. The number of esters is 1. The van der Waals surface area contributed by atoms with Gasteiger partial charge in [-0.1, -0.05) is 191 Å². The third-order valence-corrected chi connectivity index (χ3v) is 27.0. The maximum atomic E-state index is 16.0. The molecule has 11 rings (SSSR count). The van der Waals surface area contributed by atoms with E-state index in [2.05, 4.69) is 86.3 Å². The molecule has 3 heterocycles. The first-order chi connectivity index (χ1) is 50.9. The number of nitrogens with zero attached hydrogens (tertiary/aromatic N) is 4. The summed E-state index contributed by atoms with van der Waals surface area (Å²) >= 11 is 0. The van der Waals surface area contributed by atoms with Crippen molar-refractivity contribution in [3.8, 4) is 22.6 Å². The molecule has 3 aliphatic rings. The quantitative estimate of drug-likeness (QED) is 0.00953. The minimum absolute atomic E-state index is 0.00260. The Morgan fingerprint density at radius 3 is 1.66 bits per heavy atom. The second-order valence-corrected chi connectivity index (χ2v) is 40.4. The Hall–Kier alpha value is -7.74. The molecule has 1 amide bonds. The third kappa shape index (κ3) is 20.5. The summed E-state index contributed by atoms with van der Waals surface area (Å²) in [6.45, 7) is 11.3. The number of ether oxygens (including phenoxy) is 10. The molecule has 8 aromatic rings. The number of nitrogens with one attached hydrogen (secondary N) is 2. The first kappa shape index (κ1) is 78.3. The lowest BCUT2D eigenvalue weighted by Gasteiger charge is -2.40. The zero-order valence-electron chi connectivity index (χ0n) is 62.3. The molecule has 22 nitrogen and oxygen atoms in total. The highest BCUT2D eigenvalue weighted by Gasteiger charge is 2.57. The average molecular weight is 1490 g/mol. The molecule has 1 saturated carbocycles. The normalized spacial score (nSPS) is 18.2. The number of carbonyl (C=O) groups is 2. The van der Waals surface area contributed by atoms with Crippen molar-refractivity contribution in [2.75, 3.05) is 73.4 Å². The van der Waals surface area contributed by atoms with Crippen LogP contribution in [0.25, 0.3) is 22.3 Å². The molecule has 2 aliphatic carbocycles. The van der Waals surface area contributed by atoms with Gasteiger partial charge in [-0.25, -0.2) is 24.5 Å². The smallest absolute Gasteiger partial charge is 0.497 e. The Kier molecular flexibility index (Phi) is 27.7. The second kappa shape index (κ2) is 37.2. The molecule has 5 atom stereocenters. The summed E-state index contributed by atoms with van der Waals surface area (Å²) < 4.78 is 94.1. The summed E-state index contributed by atoms with van der Waals surface area (Å²) in [5.74, 6) is 0.612. The van der Waals surface area contributed by atoms with E-state index >= 15 is 4.79 Å². The molecule has 6 aromatic carbocycles. The number of rotatable bonds is 34. The van der Waals surface area contributed by atoms with Crippen LogP contribution in [0.4, 0.5) is 10.6 Å². The van der Waals surface area contributed by atoms with Gasteiger partial charge in [-0.05, 0) is 121 Å². The number of fused-ring (bicyclic) bond motifs is 4. The zero-order chi connectivity index (χ0) is 73.8. The van der Waals surface area contributed by atoms with Gasteiger partial charge < -0.3 is 75.1 Å². The van der Waals surface area contributed by atoms with Gasteiger partial charge in [0.2, 0.25) is 0 Å². The van der Waals surface area contributed by atoms with Crippen LogP contribution in [0.3, 0.4) is 0 Å². The van der Waals surface area contributed by atoms with Crippen molar-refractivity contribution in [1.82, 2.24) is 24.8 Å². The molecule has 2 fully saturated rings. The van der Waals surface area contributed by atoms with Gasteiger partial charge >= 0.3 is 21.1 Å². The summed E-state index contributed by atoms with van der Waals surface area (Å²) in [5, 5.41) is 6.85. The molecule has 1 aliphatic heterocycles. The van der Waals surface area contributed by atoms with Crippen LogP contribution in [-0.4, -0.2) is 162 Å². The van der Waals surface area contributed by atoms with E-state index in [4.69, 9.17) is 79.4 Å². The highest BCUT2D eigenvalue weighted by atomic mass is 28.5. The summed E-state index contributed by atoms with van der Waals surface area (Å²) in [6, 6.07) is 50.1. The SMILES string of the molecule is COCCOC(OCCOC)O[C@@H]1[C@H](O[13C](=O)[C@H](Cc2ccccc2)NC(=O)OCC2c3ccccc3-c3ccccc32)[C@@H](CO[Si](OC2CCCCCCCCCCC2)(O[Si](C)(C)C)O[Si](C)(C)C)O[C@H]1n1cnc2c(NC(c3ccccc3)(c3ccc(OC)cc3)c3ccc(OC)cc3)ncnc21. The Morgan fingerprint density at radius 2 is 1.11 bits per heavy atom. The van der Waals surface area contributed by atoms with Crippen LogP contribution in [0.1, 0.15) is 116 Å². The summed E-state index contributed by atoms with van der Waals surface area (Å²) in [4.78, 5) is 45.7. The van der Waals surface area contributed by atoms with Crippen LogP contribution in [-0.2, 0) is 71.7 Å². The van der Waals surface area contributed by atoms with Crippen LogP contribution < -0.4 is 20.1 Å². The van der Waals surface area contributed by atoms with Crippen molar-refractivity contribution in [1.29, 1.82) is 0 Å². The largest absolute Gasteiger partial charge is 0.658 e. The molecule has 0 unspecified atom stereocenters. The number of hydrogen-bond donors (Lipinski definition) is 2. The lowest BCUT2D eigenvalue weighted by molar-refractivity contribution is -0.321. The lowest BCUT2D eigenvalue weighted by Crippen LogP contribution is -2.61. The summed E-state index contributed by atoms with van der Waals surface area (Å²) in [6.07, 6.45) is 8.46. The fourth-order valence-corrected chi connectivity index (χ4v) is 22.5. The molecule has 1 saturated heterocycles. The number of hydrogen-bond acceptors (Lipinski definition) is 20. The zero-order valence-corrected chi connectivity index (χ0v) is 65.3. The molecule has 2 aromatic heterocycles. The highest BCUT2D eigenvalue weighted by molar-refractivity contribution is 6.83. The number of imidazole rings is 1. The van der Waals surface area contributed by atoms with Crippen LogP contribution in [0, 0.1) is 0 Å².